The van der Waals surface area contributed by atoms with Crippen LogP contribution in [-0.4, -0.2) is 9.55 Å². The van der Waals surface area contributed by atoms with Gasteiger partial charge in [-0.05, 0) is 34.9 Å². The SMILES string of the molecule is FC(F)(F)c1cccc2c(-c3ccccc3)c(Cn3cccc3)cnc12. The molecule has 0 saturated heterocycles. The molecule has 0 fully saturated rings. The van der Waals surface area contributed by atoms with Crippen LogP contribution in [0, 0.1) is 0 Å². The molecule has 0 radical (unpaired) electrons. The molecular formula is C21H15F3N2. The standard InChI is InChI=1S/C21H15F3N2/c22-21(23,24)18-10-6-9-17-19(15-7-2-1-3-8-15)16(13-25-20(17)18)14-26-11-4-5-12-26/h1-13H,14H2. The average molecular weight is 352 g/mol. The molecule has 0 aliphatic heterocycles. The molecule has 0 amide bonds. The third-order valence-corrected chi connectivity index (χ3v) is 4.36. The van der Waals surface area contributed by atoms with Crippen LogP contribution in [0.2, 0.25) is 0 Å². The second-order valence-electron chi connectivity index (χ2n) is 6.08. The molecule has 0 saturated carbocycles. The summed E-state index contributed by atoms with van der Waals surface area (Å²) < 4.78 is 42.2. The number of para-hydroxylation sites is 1. The molecule has 0 aliphatic rings. The van der Waals surface area contributed by atoms with Gasteiger partial charge < -0.3 is 4.57 Å². The highest BCUT2D eigenvalue weighted by molar-refractivity contribution is 5.97. The lowest BCUT2D eigenvalue weighted by Gasteiger charge is -2.16. The summed E-state index contributed by atoms with van der Waals surface area (Å²) in [5, 5.41) is 0.510. The molecule has 0 spiro atoms. The zero-order valence-corrected chi connectivity index (χ0v) is 13.7. The predicted molar refractivity (Wildman–Crippen MR) is 95.7 cm³/mol. The largest absolute Gasteiger partial charge is 0.418 e. The van der Waals surface area contributed by atoms with Gasteiger partial charge in [-0.1, -0.05) is 42.5 Å². The molecule has 0 N–H and O–H groups in total. The van der Waals surface area contributed by atoms with Crippen molar-refractivity contribution >= 4 is 10.9 Å². The van der Waals surface area contributed by atoms with E-state index in [0.717, 1.165) is 22.8 Å². The van der Waals surface area contributed by atoms with Crippen molar-refractivity contribution in [2.24, 2.45) is 0 Å². The fourth-order valence-corrected chi connectivity index (χ4v) is 3.23. The highest BCUT2D eigenvalue weighted by Crippen LogP contribution is 2.38. The van der Waals surface area contributed by atoms with Crippen molar-refractivity contribution in [3.8, 4) is 11.1 Å². The molecule has 4 aromatic rings. The molecule has 2 aromatic carbocycles. The van der Waals surface area contributed by atoms with E-state index in [-0.39, 0.29) is 5.52 Å². The van der Waals surface area contributed by atoms with Crippen LogP contribution >= 0.6 is 0 Å². The van der Waals surface area contributed by atoms with Gasteiger partial charge in [0.1, 0.15) is 0 Å². The number of pyridine rings is 1. The quantitative estimate of drug-likeness (QED) is 0.458. The minimum atomic E-state index is -4.44. The smallest absolute Gasteiger partial charge is 0.350 e. The van der Waals surface area contributed by atoms with E-state index in [1.165, 1.54) is 6.07 Å². The number of benzene rings is 2. The van der Waals surface area contributed by atoms with E-state index < -0.39 is 11.7 Å². The number of hydrogen-bond donors (Lipinski definition) is 0. The Morgan fingerprint density at radius 1 is 0.846 bits per heavy atom. The molecule has 0 unspecified atom stereocenters. The van der Waals surface area contributed by atoms with Crippen molar-refractivity contribution in [1.82, 2.24) is 9.55 Å². The summed E-state index contributed by atoms with van der Waals surface area (Å²) in [6.45, 7) is 0.538. The molecule has 130 valence electrons. The summed E-state index contributed by atoms with van der Waals surface area (Å²) >= 11 is 0. The van der Waals surface area contributed by atoms with E-state index in [2.05, 4.69) is 4.98 Å². The molecule has 2 heterocycles. The van der Waals surface area contributed by atoms with Crippen LogP contribution in [0.4, 0.5) is 13.2 Å². The lowest BCUT2D eigenvalue weighted by Crippen LogP contribution is -2.08. The molecule has 0 atom stereocenters. The highest BCUT2D eigenvalue weighted by atomic mass is 19.4. The number of alkyl halides is 3. The summed E-state index contributed by atoms with van der Waals surface area (Å²) in [5.41, 5.74) is 1.81. The van der Waals surface area contributed by atoms with Gasteiger partial charge in [0.05, 0.1) is 11.1 Å². The van der Waals surface area contributed by atoms with Crippen LogP contribution in [-0.2, 0) is 12.7 Å². The van der Waals surface area contributed by atoms with Crippen LogP contribution in [0.15, 0.2) is 79.3 Å². The lowest BCUT2D eigenvalue weighted by molar-refractivity contribution is -0.136. The van der Waals surface area contributed by atoms with Crippen molar-refractivity contribution in [2.45, 2.75) is 12.7 Å². The first kappa shape index (κ1) is 16.4. The predicted octanol–water partition coefficient (Wildman–Crippen LogP) is 5.77. The Hall–Kier alpha value is -3.08. The first-order chi connectivity index (χ1) is 12.5. The molecule has 0 aliphatic carbocycles. The first-order valence-electron chi connectivity index (χ1n) is 8.18. The van der Waals surface area contributed by atoms with Crippen molar-refractivity contribution in [3.63, 3.8) is 0 Å². The zero-order chi connectivity index (χ0) is 18.1. The van der Waals surface area contributed by atoms with Crippen LogP contribution in [0.1, 0.15) is 11.1 Å². The zero-order valence-electron chi connectivity index (χ0n) is 13.7. The Bertz CT molecular complexity index is 1040. The molecule has 0 bridgehead atoms. The van der Waals surface area contributed by atoms with Gasteiger partial charge in [-0.3, -0.25) is 4.98 Å². The van der Waals surface area contributed by atoms with E-state index in [1.807, 2.05) is 59.4 Å². The number of aromatic nitrogens is 2. The Balaban J connectivity index is 2.00. The van der Waals surface area contributed by atoms with Gasteiger partial charge in [0, 0.05) is 30.5 Å². The fraction of sp³-hybridized carbons (Fsp3) is 0.0952. The fourth-order valence-electron chi connectivity index (χ4n) is 3.23. The Morgan fingerprint density at radius 2 is 1.58 bits per heavy atom. The van der Waals surface area contributed by atoms with Gasteiger partial charge in [-0.25, -0.2) is 0 Å². The average Bonchev–Trinajstić information content (AvgIpc) is 3.14. The summed E-state index contributed by atoms with van der Waals surface area (Å²) in [7, 11) is 0. The van der Waals surface area contributed by atoms with Crippen LogP contribution in [0.25, 0.3) is 22.0 Å². The van der Waals surface area contributed by atoms with Crippen molar-refractivity contribution < 1.29 is 13.2 Å². The number of nitrogens with zero attached hydrogens (tertiary/aromatic N) is 2. The van der Waals surface area contributed by atoms with Gasteiger partial charge in [-0.2, -0.15) is 13.2 Å². The third-order valence-electron chi connectivity index (χ3n) is 4.36. The summed E-state index contributed by atoms with van der Waals surface area (Å²) in [4.78, 5) is 4.18. The third kappa shape index (κ3) is 2.96. The van der Waals surface area contributed by atoms with Crippen LogP contribution in [0.3, 0.4) is 0 Å². The second-order valence-corrected chi connectivity index (χ2v) is 6.08. The van der Waals surface area contributed by atoms with Crippen molar-refractivity contribution in [2.75, 3.05) is 0 Å². The molecule has 2 aromatic heterocycles. The van der Waals surface area contributed by atoms with Gasteiger partial charge >= 0.3 is 6.18 Å². The van der Waals surface area contributed by atoms with Crippen LogP contribution < -0.4 is 0 Å². The summed E-state index contributed by atoms with van der Waals surface area (Å²) in [6, 6.07) is 17.5. The van der Waals surface area contributed by atoms with E-state index in [9.17, 15) is 13.2 Å². The van der Waals surface area contributed by atoms with Gasteiger partial charge in [0.2, 0.25) is 0 Å². The van der Waals surface area contributed by atoms with Crippen molar-refractivity contribution in [3.05, 3.63) is 90.4 Å². The van der Waals surface area contributed by atoms with Gasteiger partial charge in [-0.15, -0.1) is 0 Å². The van der Waals surface area contributed by atoms with E-state index >= 15 is 0 Å². The normalized spacial score (nSPS) is 11.8. The molecule has 4 rings (SSSR count). The van der Waals surface area contributed by atoms with E-state index in [4.69, 9.17) is 0 Å². The first-order valence-corrected chi connectivity index (χ1v) is 8.18. The van der Waals surface area contributed by atoms with Crippen LogP contribution in [0.5, 0.6) is 0 Å². The Labute approximate surface area is 148 Å². The minimum absolute atomic E-state index is 0.0184. The van der Waals surface area contributed by atoms with Gasteiger partial charge in [0.15, 0.2) is 0 Å². The maximum Gasteiger partial charge on any atom is 0.418 e. The minimum Gasteiger partial charge on any atom is -0.350 e. The number of fused-ring (bicyclic) bond motifs is 1. The molecule has 2 nitrogen and oxygen atoms in total. The maximum absolute atomic E-state index is 13.4. The molecular weight excluding hydrogens is 337 g/mol. The van der Waals surface area contributed by atoms with E-state index in [0.29, 0.717) is 11.9 Å². The lowest BCUT2D eigenvalue weighted by atomic mass is 9.95. The number of halogens is 3. The Kier molecular flexibility index (Phi) is 3.99. The Morgan fingerprint density at radius 3 is 2.27 bits per heavy atom. The van der Waals surface area contributed by atoms with Gasteiger partial charge in [0.25, 0.3) is 0 Å². The molecule has 26 heavy (non-hydrogen) atoms. The van der Waals surface area contributed by atoms with Crippen molar-refractivity contribution in [1.29, 1.82) is 0 Å². The maximum atomic E-state index is 13.4. The highest BCUT2D eigenvalue weighted by Gasteiger charge is 2.33. The summed E-state index contributed by atoms with van der Waals surface area (Å²) in [6.07, 6.45) is 0.957. The number of rotatable bonds is 3. The molecule has 5 heteroatoms. The monoisotopic (exact) mass is 352 g/mol. The van der Waals surface area contributed by atoms with E-state index in [1.54, 1.807) is 12.3 Å². The topological polar surface area (TPSA) is 17.8 Å². The number of hydrogen-bond acceptors (Lipinski definition) is 1. The second kappa shape index (κ2) is 6.33. The summed E-state index contributed by atoms with van der Waals surface area (Å²) in [5.74, 6) is 0.